The summed E-state index contributed by atoms with van der Waals surface area (Å²) in [6.07, 6.45) is 0. The number of rotatable bonds is 0. The molecule has 0 rings (SSSR count). The Hall–Kier alpha value is 0. The van der Waals surface area contributed by atoms with Gasteiger partial charge in [-0.3, -0.25) is 0 Å². The highest BCUT2D eigenvalue weighted by Gasteiger charge is 0.932. The van der Waals surface area contributed by atoms with Crippen molar-refractivity contribution < 1.29 is 1.37 Å². The zero-order chi connectivity index (χ0) is 2.71. The van der Waals surface area contributed by atoms with Crippen molar-refractivity contribution >= 4 is 0 Å². The molecule has 0 spiro atoms. The van der Waals surface area contributed by atoms with Gasteiger partial charge in [-0.1, -0.05) is 28.7 Å². The second kappa shape index (κ2) is 0. The Labute approximate surface area is 31.3 Å². The summed E-state index contributed by atoms with van der Waals surface area (Å²) < 4.78 is 6.21. The van der Waals surface area contributed by atoms with E-state index in [1.54, 1.807) is 6.92 Å². The predicted octanol–water partition coefficient (Wildman–Crippen LogP) is 2.30. The van der Waals surface area contributed by atoms with Crippen LogP contribution in [0.3, 0.4) is 0 Å². The van der Waals surface area contributed by atoms with E-state index in [2.05, 4.69) is 0 Å². The number of hydrogen-bond donors (Lipinski definition) is 0. The summed E-state index contributed by atoms with van der Waals surface area (Å²) in [6, 6.07) is 0. The molecular formula is C4H14. The van der Waals surface area contributed by atoms with Crippen LogP contribution in [-0.4, -0.2) is 0 Å². The molecule has 0 saturated heterocycles. The van der Waals surface area contributed by atoms with E-state index in [4.69, 9.17) is 1.37 Å². The van der Waals surface area contributed by atoms with Gasteiger partial charge < -0.3 is 0 Å². The molecule has 0 unspecified atom stereocenters. The molecule has 0 aliphatic rings. The fourth-order valence-electron chi connectivity index (χ4n) is 0. The Morgan fingerprint density at radius 2 is 1.50 bits per heavy atom. The van der Waals surface area contributed by atoms with Crippen molar-refractivity contribution in [2.24, 2.45) is 0 Å². The van der Waals surface area contributed by atoms with Crippen LogP contribution in [0.4, 0.5) is 0 Å². The van der Waals surface area contributed by atoms with E-state index in [1.807, 2.05) is 0 Å². The van der Waals surface area contributed by atoms with Gasteiger partial charge in [0, 0.05) is 1.37 Å². The molecule has 0 nitrogen and oxygen atoms in total. The summed E-state index contributed by atoms with van der Waals surface area (Å²) in [5.74, 6) is 0. The van der Waals surface area contributed by atoms with Gasteiger partial charge in [-0.15, -0.1) is 0 Å². The molecule has 30 valence electrons. The van der Waals surface area contributed by atoms with Crippen molar-refractivity contribution in [1.29, 1.82) is 0 Å². The van der Waals surface area contributed by atoms with Crippen LogP contribution in [0.25, 0.3) is 0 Å². The van der Waals surface area contributed by atoms with Gasteiger partial charge in [-0.2, -0.15) is 0 Å². The van der Waals surface area contributed by atoms with Crippen molar-refractivity contribution in [3.63, 3.8) is 0 Å². The smallest absolute Gasteiger partial charge is 0.0228 e. The van der Waals surface area contributed by atoms with Crippen LogP contribution in [0.1, 0.15) is 30.0 Å². The van der Waals surface area contributed by atoms with Crippen LogP contribution in [0.15, 0.2) is 0 Å². The molecule has 0 aliphatic heterocycles. The number of hydrogen-bond acceptors (Lipinski definition) is 0. The lowest BCUT2D eigenvalue weighted by atomic mass is 11.0. The summed E-state index contributed by atoms with van der Waals surface area (Å²) in [6.45, 7) is 2.29. The third-order valence-corrected chi connectivity index (χ3v) is 0. The fourth-order valence-corrected chi connectivity index (χ4v) is 0. The molecule has 0 heterocycles. The van der Waals surface area contributed by atoms with Gasteiger partial charge in [0.25, 0.3) is 0 Å². The first kappa shape index (κ1) is 9.00. The van der Waals surface area contributed by atoms with E-state index in [9.17, 15) is 0 Å². The molecule has 4 heavy (non-hydrogen) atoms. The Bertz CT molecular complexity index is 3.61. The molecule has 0 fully saturated rings. The van der Waals surface area contributed by atoms with Crippen molar-refractivity contribution in [3.8, 4) is 0 Å². The zero-order valence-electron chi connectivity index (χ0n) is 2.71. The summed E-state index contributed by atoms with van der Waals surface area (Å²) in [5, 5.41) is 0. The average Bonchev–Trinajstić information content (AvgIpc) is 0.918. The van der Waals surface area contributed by atoms with E-state index in [-0.39, 0.29) is 14.9 Å². The van der Waals surface area contributed by atoms with Crippen LogP contribution in [0.2, 0.25) is 0 Å². The lowest BCUT2D eigenvalue weighted by Crippen LogP contribution is -0.856. The maximum Gasteiger partial charge on any atom is 0.0228 e. The van der Waals surface area contributed by atoms with E-state index in [1.165, 1.54) is 0 Å². The lowest BCUT2D eigenvalue weighted by molar-refractivity contribution is 1.50. The molecule has 0 saturated carbocycles. The molecular weight excluding hydrogens is 48.0 g/mol. The van der Waals surface area contributed by atoms with Crippen LogP contribution in [-0.2, 0) is 0 Å². The largest absolute Gasteiger partial charge is 0.0776 e. The van der Waals surface area contributed by atoms with Crippen LogP contribution in [0.5, 0.6) is 0 Å². The standard InChI is InChI=1S/C2H6.2CH4/c1-2;;/h1-2H3;2*1H4/i1D;;. The van der Waals surface area contributed by atoms with E-state index in [0.29, 0.717) is 6.90 Å². The third-order valence-electron chi connectivity index (χ3n) is 0. The first-order chi connectivity index (χ1) is 1.41. The first-order valence-electron chi connectivity index (χ1n) is 1.41. The van der Waals surface area contributed by atoms with Crippen molar-refractivity contribution in [3.05, 3.63) is 0 Å². The topological polar surface area (TPSA) is 0 Å². The molecule has 0 aromatic rings. The van der Waals surface area contributed by atoms with Crippen LogP contribution >= 0.6 is 0 Å². The summed E-state index contributed by atoms with van der Waals surface area (Å²) >= 11 is 0. The van der Waals surface area contributed by atoms with E-state index in [0.717, 1.165) is 0 Å². The van der Waals surface area contributed by atoms with E-state index >= 15 is 0 Å². The highest BCUT2D eigenvalue weighted by atomic mass is 13.0. The van der Waals surface area contributed by atoms with Gasteiger partial charge >= 0.3 is 0 Å². The summed E-state index contributed by atoms with van der Waals surface area (Å²) in [4.78, 5) is 0. The Balaban J connectivity index is -0.0000000200. The predicted molar refractivity (Wildman–Crippen MR) is 24.8 cm³/mol. The Morgan fingerprint density at radius 3 is 1.50 bits per heavy atom. The fraction of sp³-hybridized carbons (Fsp3) is 1.00. The van der Waals surface area contributed by atoms with Gasteiger partial charge in [-0.05, 0) is 0 Å². The van der Waals surface area contributed by atoms with Crippen LogP contribution in [0, 0.1) is 0 Å². The highest BCUT2D eigenvalue weighted by Crippen LogP contribution is 1.14. The molecule has 0 heteroatoms. The average molecular weight is 63.2 g/mol. The van der Waals surface area contributed by atoms with Crippen LogP contribution < -0.4 is 0 Å². The van der Waals surface area contributed by atoms with Gasteiger partial charge in [0.2, 0.25) is 0 Å². The molecule has 0 bridgehead atoms. The third kappa shape index (κ3) is 0. The lowest BCUT2D eigenvalue weighted by Gasteiger charge is -1.07. The van der Waals surface area contributed by atoms with Gasteiger partial charge in [-0.25, -0.2) is 0 Å². The quantitative estimate of drug-likeness (QED) is 0.404. The maximum atomic E-state index is 6.21. The minimum absolute atomic E-state index is 0. The molecule has 0 aliphatic carbocycles. The second-order valence-electron chi connectivity index (χ2n) is 0. The minimum atomic E-state index is 0. The summed E-state index contributed by atoms with van der Waals surface area (Å²) in [7, 11) is 0. The van der Waals surface area contributed by atoms with Gasteiger partial charge in [0.15, 0.2) is 0 Å². The monoisotopic (exact) mass is 63.1 g/mol. The molecule has 0 radical (unpaired) electrons. The SMILES string of the molecule is C.C.[2H]CC. The minimum Gasteiger partial charge on any atom is -0.0776 e. The normalized spacial score (nSPS) is 4.75. The van der Waals surface area contributed by atoms with Crippen molar-refractivity contribution in [2.75, 3.05) is 0 Å². The summed E-state index contributed by atoms with van der Waals surface area (Å²) in [5.41, 5.74) is 0. The molecule has 0 amide bonds. The first-order valence-corrected chi connectivity index (χ1v) is 0.707. The van der Waals surface area contributed by atoms with Gasteiger partial charge in [0.05, 0.1) is 0 Å². The Kier molecular flexibility index (Phi) is 0. The molecule has 0 aromatic carbocycles. The molecule has 0 aromatic heterocycles. The van der Waals surface area contributed by atoms with Crippen molar-refractivity contribution in [2.45, 2.75) is 28.7 Å². The molecule has 0 atom stereocenters. The van der Waals surface area contributed by atoms with Crippen molar-refractivity contribution in [1.82, 2.24) is 0 Å². The maximum absolute atomic E-state index is 6.21. The molecule has 0 N–H and O–H groups in total. The highest BCUT2D eigenvalue weighted by molar-refractivity contribution is 3.50. The Morgan fingerprint density at radius 1 is 1.50 bits per heavy atom. The van der Waals surface area contributed by atoms with Gasteiger partial charge in [0.1, 0.15) is 0 Å². The van der Waals surface area contributed by atoms with E-state index < -0.39 is 0 Å². The zero-order valence-corrected chi connectivity index (χ0v) is 1.71. The second-order valence-corrected chi connectivity index (χ2v) is 0.